The molecule has 0 radical (unpaired) electrons. The quantitative estimate of drug-likeness (QED) is 0.513. The molecule has 0 saturated heterocycles. The van der Waals surface area contributed by atoms with Crippen LogP contribution in [0.4, 0.5) is 0 Å². The average Bonchev–Trinajstić information content (AvgIpc) is 2.96. The van der Waals surface area contributed by atoms with Crippen LogP contribution >= 0.6 is 23.1 Å². The van der Waals surface area contributed by atoms with Crippen molar-refractivity contribution in [1.29, 1.82) is 0 Å². The van der Waals surface area contributed by atoms with Crippen molar-refractivity contribution in [3.63, 3.8) is 0 Å². The Morgan fingerprint density at radius 3 is 2.88 bits per heavy atom. The summed E-state index contributed by atoms with van der Waals surface area (Å²) in [7, 11) is 1.85. The van der Waals surface area contributed by atoms with Crippen molar-refractivity contribution in [3.05, 3.63) is 56.2 Å². The molecule has 1 aliphatic carbocycles. The van der Waals surface area contributed by atoms with Gasteiger partial charge in [-0.2, -0.15) is 0 Å². The minimum Gasteiger partial charge on any atom is -0.290 e. The normalized spacial score (nSPS) is 14.1. The van der Waals surface area contributed by atoms with Gasteiger partial charge in [0, 0.05) is 17.7 Å². The molecule has 3 nitrogen and oxygen atoms in total. The summed E-state index contributed by atoms with van der Waals surface area (Å²) >= 11 is 3.37. The van der Waals surface area contributed by atoms with Gasteiger partial charge in [0.2, 0.25) is 0 Å². The Morgan fingerprint density at radius 2 is 2.04 bits per heavy atom. The first-order valence-corrected chi connectivity index (χ1v) is 10.1. The summed E-state index contributed by atoms with van der Waals surface area (Å²) < 4.78 is 1.73. The highest BCUT2D eigenvalue weighted by molar-refractivity contribution is 7.98. The lowest BCUT2D eigenvalue weighted by molar-refractivity contribution is 0.695. The van der Waals surface area contributed by atoms with Gasteiger partial charge in [-0.05, 0) is 49.3 Å². The molecule has 1 aromatic carbocycles. The molecule has 3 aromatic rings. The monoisotopic (exact) mass is 356 g/mol. The van der Waals surface area contributed by atoms with Crippen molar-refractivity contribution in [2.45, 2.75) is 43.5 Å². The van der Waals surface area contributed by atoms with Crippen LogP contribution in [0.5, 0.6) is 0 Å². The van der Waals surface area contributed by atoms with Crippen LogP contribution in [0.1, 0.15) is 34.4 Å². The van der Waals surface area contributed by atoms with Crippen molar-refractivity contribution < 1.29 is 0 Å². The lowest BCUT2D eigenvalue weighted by Crippen LogP contribution is -2.20. The third-order valence-electron chi connectivity index (χ3n) is 4.77. The van der Waals surface area contributed by atoms with Gasteiger partial charge < -0.3 is 0 Å². The average molecular weight is 357 g/mol. The molecule has 24 heavy (non-hydrogen) atoms. The van der Waals surface area contributed by atoms with Crippen LogP contribution in [-0.4, -0.2) is 9.55 Å². The second-order valence-electron chi connectivity index (χ2n) is 6.36. The first-order valence-electron chi connectivity index (χ1n) is 8.33. The number of thioether (sulfide) groups is 1. The van der Waals surface area contributed by atoms with Gasteiger partial charge in [-0.15, -0.1) is 11.3 Å². The Bertz CT molecular complexity index is 971. The molecule has 1 aliphatic rings. The zero-order chi connectivity index (χ0) is 16.7. The largest absolute Gasteiger partial charge is 0.290 e. The first kappa shape index (κ1) is 15.9. The van der Waals surface area contributed by atoms with Gasteiger partial charge in [-0.3, -0.25) is 9.36 Å². The van der Waals surface area contributed by atoms with E-state index in [-0.39, 0.29) is 5.56 Å². The molecule has 4 rings (SSSR count). The Hall–Kier alpha value is -1.59. The number of rotatable bonds is 3. The van der Waals surface area contributed by atoms with Crippen LogP contribution in [0.25, 0.3) is 10.2 Å². The van der Waals surface area contributed by atoms with Crippen molar-refractivity contribution in [1.82, 2.24) is 9.55 Å². The van der Waals surface area contributed by atoms with Gasteiger partial charge in [-0.1, -0.05) is 36.0 Å². The van der Waals surface area contributed by atoms with Gasteiger partial charge in [0.05, 0.1) is 5.39 Å². The van der Waals surface area contributed by atoms with Gasteiger partial charge in [0.25, 0.3) is 5.56 Å². The highest BCUT2D eigenvalue weighted by Crippen LogP contribution is 2.34. The van der Waals surface area contributed by atoms with Crippen molar-refractivity contribution in [3.8, 4) is 0 Å². The standard InChI is InChI=1S/C19H20N2OS2/c1-12-7-3-4-8-13(12)11-23-19-20-17-16(18(22)21(19)2)14-9-5-6-10-15(14)24-17/h3-4,7-8H,5-6,9-11H2,1-2H3. The van der Waals surface area contributed by atoms with E-state index >= 15 is 0 Å². The number of thiophene rings is 1. The topological polar surface area (TPSA) is 34.9 Å². The molecule has 0 fully saturated rings. The SMILES string of the molecule is Cc1ccccc1CSc1nc2sc3c(c2c(=O)n1C)CCCC3. The molecular weight excluding hydrogens is 336 g/mol. The number of aryl methyl sites for hydroxylation is 3. The van der Waals surface area contributed by atoms with Crippen LogP contribution in [0, 0.1) is 6.92 Å². The highest BCUT2D eigenvalue weighted by atomic mass is 32.2. The van der Waals surface area contributed by atoms with E-state index in [0.29, 0.717) is 0 Å². The van der Waals surface area contributed by atoms with E-state index in [4.69, 9.17) is 4.98 Å². The van der Waals surface area contributed by atoms with Crippen molar-refractivity contribution >= 4 is 33.3 Å². The maximum absolute atomic E-state index is 12.9. The minimum atomic E-state index is 0.117. The molecule has 0 atom stereocenters. The minimum absolute atomic E-state index is 0.117. The van der Waals surface area contributed by atoms with E-state index in [9.17, 15) is 4.79 Å². The summed E-state index contributed by atoms with van der Waals surface area (Å²) in [6, 6.07) is 8.38. The second kappa shape index (κ2) is 6.37. The fraction of sp³-hybridized carbons (Fsp3) is 0.368. The Balaban J connectivity index is 1.73. The van der Waals surface area contributed by atoms with Crippen molar-refractivity contribution in [2.75, 3.05) is 0 Å². The Morgan fingerprint density at radius 1 is 1.25 bits per heavy atom. The number of benzene rings is 1. The molecule has 5 heteroatoms. The summed E-state index contributed by atoms with van der Waals surface area (Å²) in [6.07, 6.45) is 4.55. The van der Waals surface area contributed by atoms with Gasteiger partial charge in [0.15, 0.2) is 5.16 Å². The molecule has 124 valence electrons. The number of fused-ring (bicyclic) bond motifs is 3. The number of hydrogen-bond acceptors (Lipinski definition) is 4. The van der Waals surface area contributed by atoms with E-state index in [2.05, 4.69) is 31.2 Å². The van der Waals surface area contributed by atoms with Gasteiger partial charge >= 0.3 is 0 Å². The molecule has 0 unspecified atom stereocenters. The van der Waals surface area contributed by atoms with Crippen molar-refractivity contribution in [2.24, 2.45) is 7.05 Å². The van der Waals surface area contributed by atoms with E-state index in [0.717, 1.165) is 34.0 Å². The smallest absolute Gasteiger partial charge is 0.262 e. The Labute approximate surface area is 149 Å². The predicted molar refractivity (Wildman–Crippen MR) is 102 cm³/mol. The third-order valence-corrected chi connectivity index (χ3v) is 7.04. The lowest BCUT2D eigenvalue weighted by atomic mass is 9.97. The molecule has 0 saturated carbocycles. The summed E-state index contributed by atoms with van der Waals surface area (Å²) in [5, 5.41) is 1.69. The Kier molecular flexibility index (Phi) is 4.22. The number of hydrogen-bond donors (Lipinski definition) is 0. The van der Waals surface area contributed by atoms with Crippen LogP contribution in [0.15, 0.2) is 34.2 Å². The maximum Gasteiger partial charge on any atom is 0.262 e. The van der Waals surface area contributed by atoms with Gasteiger partial charge in [-0.25, -0.2) is 4.98 Å². The number of aromatic nitrogens is 2. The second-order valence-corrected chi connectivity index (χ2v) is 8.39. The summed E-state index contributed by atoms with van der Waals surface area (Å²) in [6.45, 7) is 2.12. The summed E-state index contributed by atoms with van der Waals surface area (Å²) in [5.41, 5.74) is 3.96. The molecular formula is C19H20N2OS2. The molecule has 2 aromatic heterocycles. The molecule has 0 aliphatic heterocycles. The molecule has 0 bridgehead atoms. The van der Waals surface area contributed by atoms with E-state index in [1.165, 1.54) is 34.4 Å². The molecule has 0 spiro atoms. The van der Waals surface area contributed by atoms with Crippen LogP contribution in [0.3, 0.4) is 0 Å². The fourth-order valence-corrected chi connectivity index (χ4v) is 5.66. The zero-order valence-corrected chi connectivity index (χ0v) is 15.6. The third kappa shape index (κ3) is 2.70. The van der Waals surface area contributed by atoms with E-state index in [1.54, 1.807) is 27.7 Å². The van der Waals surface area contributed by atoms with Crippen LogP contribution in [-0.2, 0) is 25.6 Å². The molecule has 0 N–H and O–H groups in total. The van der Waals surface area contributed by atoms with Gasteiger partial charge in [0.1, 0.15) is 4.83 Å². The lowest BCUT2D eigenvalue weighted by Gasteiger charge is -2.11. The first-order chi connectivity index (χ1) is 11.6. The highest BCUT2D eigenvalue weighted by Gasteiger charge is 2.21. The van der Waals surface area contributed by atoms with Crippen LogP contribution in [0.2, 0.25) is 0 Å². The summed E-state index contributed by atoms with van der Waals surface area (Å²) in [5.74, 6) is 0.837. The number of nitrogens with zero attached hydrogens (tertiary/aromatic N) is 2. The zero-order valence-electron chi connectivity index (χ0n) is 14.0. The maximum atomic E-state index is 12.9. The molecule has 2 heterocycles. The summed E-state index contributed by atoms with van der Waals surface area (Å²) in [4.78, 5) is 20.0. The van der Waals surface area contributed by atoms with E-state index < -0.39 is 0 Å². The van der Waals surface area contributed by atoms with Crippen LogP contribution < -0.4 is 5.56 Å². The molecule has 0 amide bonds. The fourth-order valence-electron chi connectivity index (χ4n) is 3.31. The van der Waals surface area contributed by atoms with E-state index in [1.807, 2.05) is 7.05 Å². The predicted octanol–water partition coefficient (Wildman–Crippen LogP) is 4.47.